The Morgan fingerprint density at radius 1 is 1.11 bits per heavy atom. The van der Waals surface area contributed by atoms with E-state index in [4.69, 9.17) is 0 Å². The van der Waals surface area contributed by atoms with Crippen molar-refractivity contribution in [2.45, 2.75) is 20.0 Å². The number of alkyl halides is 3. The molecule has 0 heterocycles. The van der Waals surface area contributed by atoms with E-state index in [1.54, 1.807) is 18.4 Å². The van der Waals surface area contributed by atoms with Crippen LogP contribution in [0.25, 0.3) is 0 Å². The van der Waals surface area contributed by atoms with Crippen molar-refractivity contribution in [3.8, 4) is 0 Å². The van der Waals surface area contributed by atoms with Crippen LogP contribution in [0, 0.1) is 24.0 Å². The molecule has 0 atom stereocenters. The molecule has 0 spiro atoms. The van der Waals surface area contributed by atoms with Crippen LogP contribution in [0.4, 0.5) is 30.2 Å². The second-order valence-corrected chi connectivity index (χ2v) is 7.16. The summed E-state index contributed by atoms with van der Waals surface area (Å²) in [5, 5.41) is 12.3. The quantitative estimate of drug-likeness (QED) is 0.437. The Bertz CT molecular complexity index is 920. The molecule has 2 aromatic carbocycles. The van der Waals surface area contributed by atoms with E-state index >= 15 is 0 Å². The first-order chi connectivity index (χ1) is 12.4. The summed E-state index contributed by atoms with van der Waals surface area (Å²) >= 11 is 6.48. The van der Waals surface area contributed by atoms with Gasteiger partial charge in [-0.3, -0.25) is 20.3 Å². The summed E-state index contributed by atoms with van der Waals surface area (Å²) in [5.41, 5.74) is 2.01. The van der Waals surface area contributed by atoms with Gasteiger partial charge in [-0.25, -0.2) is 5.01 Å². The molecule has 0 bridgehead atoms. The largest absolute Gasteiger partial charge is 0.472 e. The molecule has 0 unspecified atom stereocenters. The monoisotopic (exact) mass is 509 g/mol. The molecule has 0 aliphatic rings. The molecule has 6 nitrogen and oxygen atoms in total. The van der Waals surface area contributed by atoms with E-state index in [-0.39, 0.29) is 16.9 Å². The number of hydrogen-bond acceptors (Lipinski definition) is 4. The topological polar surface area (TPSA) is 75.5 Å². The first kappa shape index (κ1) is 21.2. The number of carbonyl (C=O) groups is 1. The minimum absolute atomic E-state index is 0.145. The maximum Gasteiger partial charge on any atom is 0.472 e. The van der Waals surface area contributed by atoms with Crippen LogP contribution in [0.3, 0.4) is 0 Å². The fourth-order valence-corrected chi connectivity index (χ4v) is 3.01. The number of nitrogens with one attached hydrogen (secondary N) is 1. The molecule has 1 N–H and O–H groups in total. The summed E-state index contributed by atoms with van der Waals surface area (Å²) in [4.78, 5) is 22.4. The number of anilines is 2. The first-order valence-electron chi connectivity index (χ1n) is 7.31. The second kappa shape index (κ2) is 7.85. The third-order valence-corrected chi connectivity index (χ3v) is 5.43. The van der Waals surface area contributed by atoms with Gasteiger partial charge in [-0.2, -0.15) is 13.2 Å². The van der Waals surface area contributed by atoms with Gasteiger partial charge in [0.25, 0.3) is 5.69 Å². The highest BCUT2D eigenvalue weighted by Gasteiger charge is 2.41. The van der Waals surface area contributed by atoms with Gasteiger partial charge in [-0.15, -0.1) is 0 Å². The van der Waals surface area contributed by atoms with E-state index < -0.39 is 22.7 Å². The number of carbonyl (C=O) groups excluding carboxylic acids is 1. The van der Waals surface area contributed by atoms with Gasteiger partial charge in [-0.05, 0) is 43.2 Å². The zero-order chi connectivity index (χ0) is 20.5. The predicted molar refractivity (Wildman–Crippen MR) is 101 cm³/mol. The number of nitro groups is 1. The van der Waals surface area contributed by atoms with Crippen LogP contribution in [-0.2, 0) is 4.79 Å². The van der Waals surface area contributed by atoms with Gasteiger partial charge < -0.3 is 0 Å². The summed E-state index contributed by atoms with van der Waals surface area (Å²) in [6.45, 7) is 3.10. The van der Waals surface area contributed by atoms with Gasteiger partial charge >= 0.3 is 12.1 Å². The average molecular weight is 511 g/mol. The Balaban J connectivity index is 2.78. The lowest BCUT2D eigenvalue weighted by atomic mass is 10.1. The van der Waals surface area contributed by atoms with Crippen LogP contribution < -0.4 is 10.4 Å². The highest BCUT2D eigenvalue weighted by Crippen LogP contribution is 2.41. The lowest BCUT2D eigenvalue weighted by Gasteiger charge is -2.29. The molecule has 0 saturated carbocycles. The minimum Gasteiger partial charge on any atom is -0.263 e. The molecule has 144 valence electrons. The van der Waals surface area contributed by atoms with Crippen LogP contribution in [-0.4, -0.2) is 17.0 Å². The van der Waals surface area contributed by atoms with Gasteiger partial charge in [0.05, 0.1) is 10.6 Å². The Kier molecular flexibility index (Phi) is 6.15. The van der Waals surface area contributed by atoms with Crippen LogP contribution in [0.15, 0.2) is 39.3 Å². The number of nitrogens with zero attached hydrogens (tertiary/aromatic N) is 2. The minimum atomic E-state index is -5.17. The summed E-state index contributed by atoms with van der Waals surface area (Å²) < 4.78 is 39.6. The second-order valence-electron chi connectivity index (χ2n) is 5.46. The maximum atomic E-state index is 12.9. The first-order valence-corrected chi connectivity index (χ1v) is 8.90. The summed E-state index contributed by atoms with van der Waals surface area (Å²) in [6, 6.07) is 7.20. The maximum absolute atomic E-state index is 12.9. The number of hydrogen-bond donors (Lipinski definition) is 1. The summed E-state index contributed by atoms with van der Waals surface area (Å²) in [5.74, 6) is -2.25. The highest BCUT2D eigenvalue weighted by molar-refractivity contribution is 9.10. The van der Waals surface area contributed by atoms with Crippen LogP contribution in [0.2, 0.25) is 0 Å². The summed E-state index contributed by atoms with van der Waals surface area (Å²) in [6.07, 6.45) is -5.17. The fourth-order valence-electron chi connectivity index (χ4n) is 2.33. The van der Waals surface area contributed by atoms with E-state index in [0.29, 0.717) is 14.5 Å². The van der Waals surface area contributed by atoms with E-state index in [0.717, 1.165) is 11.1 Å². The van der Waals surface area contributed by atoms with Crippen molar-refractivity contribution in [3.63, 3.8) is 0 Å². The number of amides is 1. The zero-order valence-electron chi connectivity index (χ0n) is 13.9. The van der Waals surface area contributed by atoms with E-state index in [1.165, 1.54) is 25.1 Å². The lowest BCUT2D eigenvalue weighted by Crippen LogP contribution is -2.46. The Morgan fingerprint density at radius 2 is 1.70 bits per heavy atom. The van der Waals surface area contributed by atoms with Crippen molar-refractivity contribution in [2.75, 3.05) is 5.01 Å². The van der Waals surface area contributed by atoms with Gasteiger partial charge in [0.2, 0.25) is 0 Å². The number of benzene rings is 2. The molecule has 0 radical (unpaired) electrons. The Hall–Kier alpha value is -2.14. The van der Waals surface area contributed by atoms with Gasteiger partial charge in [-0.1, -0.05) is 37.9 Å². The molecule has 1 amide bonds. The van der Waals surface area contributed by atoms with E-state index in [9.17, 15) is 28.1 Å². The molecule has 0 saturated heterocycles. The van der Waals surface area contributed by atoms with E-state index in [1.807, 2.05) is 0 Å². The summed E-state index contributed by atoms with van der Waals surface area (Å²) in [7, 11) is 0. The molecular weight excluding hydrogens is 499 g/mol. The molecule has 27 heavy (non-hydrogen) atoms. The average Bonchev–Trinajstić information content (AvgIpc) is 2.57. The van der Waals surface area contributed by atoms with Crippen molar-refractivity contribution >= 4 is 54.8 Å². The molecule has 0 aliphatic heterocycles. The number of halogens is 5. The SMILES string of the molecule is Cc1c(Br)cccc1N(NC(=O)C(F)(F)F)c1c([N+](=O)[O-])ccc(Br)c1C. The fraction of sp³-hybridized carbons (Fsp3) is 0.188. The number of nitro benzene ring substituents is 1. The van der Waals surface area contributed by atoms with Crippen LogP contribution in [0.5, 0.6) is 0 Å². The zero-order valence-corrected chi connectivity index (χ0v) is 17.1. The molecule has 2 aromatic rings. The van der Waals surface area contributed by atoms with Crippen molar-refractivity contribution < 1.29 is 22.9 Å². The van der Waals surface area contributed by atoms with Crippen LogP contribution in [0.1, 0.15) is 11.1 Å². The standard InChI is InChI=1S/C16H12Br2F3N3O3/c1-8-10(17)4-3-5-12(8)23(22-15(25)16(19,20)21)14-9(2)11(18)6-7-13(14)24(26)27/h3-7H,1-2H3,(H,22,25). The Labute approximate surface area is 168 Å². The van der Waals surface area contributed by atoms with E-state index in [2.05, 4.69) is 31.9 Å². The molecule has 0 aromatic heterocycles. The van der Waals surface area contributed by atoms with Gasteiger partial charge in [0.1, 0.15) is 5.69 Å². The Morgan fingerprint density at radius 3 is 2.26 bits per heavy atom. The van der Waals surface area contributed by atoms with Crippen LogP contribution >= 0.6 is 31.9 Å². The third kappa shape index (κ3) is 4.41. The highest BCUT2D eigenvalue weighted by atomic mass is 79.9. The van der Waals surface area contributed by atoms with Gasteiger partial charge in [0, 0.05) is 15.0 Å². The van der Waals surface area contributed by atoms with Crippen molar-refractivity contribution in [3.05, 3.63) is 60.5 Å². The third-order valence-electron chi connectivity index (χ3n) is 3.71. The molecule has 2 rings (SSSR count). The molecule has 0 aliphatic carbocycles. The van der Waals surface area contributed by atoms with Crippen molar-refractivity contribution in [1.82, 2.24) is 5.43 Å². The molecule has 11 heteroatoms. The molecular formula is C16H12Br2F3N3O3. The number of rotatable bonds is 4. The van der Waals surface area contributed by atoms with Crippen molar-refractivity contribution in [1.29, 1.82) is 0 Å². The smallest absolute Gasteiger partial charge is 0.263 e. The van der Waals surface area contributed by atoms with Crippen molar-refractivity contribution in [2.24, 2.45) is 0 Å². The molecule has 0 fully saturated rings. The lowest BCUT2D eigenvalue weighted by molar-refractivity contribution is -0.384. The van der Waals surface area contributed by atoms with Gasteiger partial charge in [0.15, 0.2) is 0 Å². The number of hydrazine groups is 1. The normalized spacial score (nSPS) is 11.2. The predicted octanol–water partition coefficient (Wildman–Crippen LogP) is 5.47.